The van der Waals surface area contributed by atoms with Crippen LogP contribution in [0.1, 0.15) is 5.82 Å². The maximum atomic E-state index is 11.7. The third-order valence-electron chi connectivity index (χ3n) is 2.22. The highest BCUT2D eigenvalue weighted by Gasteiger charge is 2.09. The molecule has 2 N–H and O–H groups in total. The van der Waals surface area contributed by atoms with Gasteiger partial charge in [-0.05, 0) is 6.92 Å². The summed E-state index contributed by atoms with van der Waals surface area (Å²) in [6.07, 6.45) is 2.64. The van der Waals surface area contributed by atoms with Gasteiger partial charge in [-0.2, -0.15) is 9.50 Å². The van der Waals surface area contributed by atoms with E-state index in [9.17, 15) is 4.79 Å². The number of hydrogen-bond donors (Lipinski definition) is 1. The third kappa shape index (κ3) is 1.00. The van der Waals surface area contributed by atoms with Gasteiger partial charge in [-0.1, -0.05) is 0 Å². The minimum Gasteiger partial charge on any atom is -0.335 e. The Labute approximate surface area is 88.3 Å². The molecule has 3 heterocycles. The summed E-state index contributed by atoms with van der Waals surface area (Å²) in [5.41, 5.74) is 0.0323. The highest BCUT2D eigenvalue weighted by Crippen LogP contribution is 2.06. The molecule has 0 fully saturated rings. The standard InChI is InChI=1S/C8H7N7O/c1-4-12-8-10-2-5-6(15(8)13-4)11-3-14(9)7(5)16/h2-3H,9H2,1H3. The van der Waals surface area contributed by atoms with Crippen LogP contribution >= 0.6 is 0 Å². The molecule has 0 saturated heterocycles. The number of nitrogens with zero attached hydrogens (tertiary/aromatic N) is 6. The molecular formula is C8H7N7O. The Morgan fingerprint density at radius 2 is 2.19 bits per heavy atom. The van der Waals surface area contributed by atoms with Crippen LogP contribution in [0.5, 0.6) is 0 Å². The Balaban J connectivity index is 2.62. The smallest absolute Gasteiger partial charge is 0.282 e. The molecule has 0 aliphatic carbocycles. The van der Waals surface area contributed by atoms with Crippen LogP contribution in [0.2, 0.25) is 0 Å². The fourth-order valence-electron chi connectivity index (χ4n) is 1.51. The molecule has 0 aromatic carbocycles. The fourth-order valence-corrected chi connectivity index (χ4v) is 1.51. The van der Waals surface area contributed by atoms with E-state index in [4.69, 9.17) is 5.84 Å². The van der Waals surface area contributed by atoms with Crippen molar-refractivity contribution in [3.63, 3.8) is 0 Å². The van der Waals surface area contributed by atoms with E-state index in [1.807, 2.05) is 0 Å². The molecule has 0 bridgehead atoms. The van der Waals surface area contributed by atoms with Crippen LogP contribution in [-0.4, -0.2) is 29.2 Å². The molecule has 0 amide bonds. The number of aromatic nitrogens is 6. The Hall–Kier alpha value is -2.51. The average Bonchev–Trinajstić information content (AvgIpc) is 2.63. The summed E-state index contributed by atoms with van der Waals surface area (Å²) in [6.45, 7) is 1.74. The maximum Gasteiger partial charge on any atom is 0.282 e. The first-order valence-electron chi connectivity index (χ1n) is 4.51. The van der Waals surface area contributed by atoms with Gasteiger partial charge in [0, 0.05) is 6.20 Å². The maximum absolute atomic E-state index is 11.7. The molecule has 16 heavy (non-hydrogen) atoms. The normalized spacial score (nSPS) is 11.3. The van der Waals surface area contributed by atoms with E-state index in [0.717, 1.165) is 4.68 Å². The lowest BCUT2D eigenvalue weighted by atomic mass is 10.4. The summed E-state index contributed by atoms with van der Waals surface area (Å²) in [7, 11) is 0. The predicted octanol–water partition coefficient (Wildman–Crippen LogP) is -1.14. The number of nitrogen functional groups attached to an aromatic ring is 1. The molecule has 0 aliphatic heterocycles. The van der Waals surface area contributed by atoms with Crippen molar-refractivity contribution in [3.05, 3.63) is 28.7 Å². The Morgan fingerprint density at radius 1 is 1.38 bits per heavy atom. The topological polar surface area (TPSA) is 104 Å². The lowest BCUT2D eigenvalue weighted by molar-refractivity contribution is 0.878. The van der Waals surface area contributed by atoms with E-state index >= 15 is 0 Å². The van der Waals surface area contributed by atoms with Crippen molar-refractivity contribution < 1.29 is 0 Å². The van der Waals surface area contributed by atoms with Gasteiger partial charge in [-0.25, -0.2) is 14.6 Å². The lowest BCUT2D eigenvalue weighted by Gasteiger charge is -2.00. The van der Waals surface area contributed by atoms with Gasteiger partial charge in [0.05, 0.1) is 0 Å². The van der Waals surface area contributed by atoms with Gasteiger partial charge in [0.15, 0.2) is 5.65 Å². The molecule has 3 aromatic rings. The average molecular weight is 217 g/mol. The summed E-state index contributed by atoms with van der Waals surface area (Å²) < 4.78 is 2.33. The van der Waals surface area contributed by atoms with E-state index in [-0.39, 0.29) is 5.56 Å². The summed E-state index contributed by atoms with van der Waals surface area (Å²) in [5.74, 6) is 6.38. The van der Waals surface area contributed by atoms with Crippen LogP contribution in [0, 0.1) is 6.92 Å². The second kappa shape index (κ2) is 2.75. The zero-order chi connectivity index (χ0) is 11.3. The summed E-state index contributed by atoms with van der Waals surface area (Å²) in [6, 6.07) is 0. The molecule has 0 spiro atoms. The molecular weight excluding hydrogens is 210 g/mol. The van der Waals surface area contributed by atoms with Gasteiger partial charge < -0.3 is 5.84 Å². The van der Waals surface area contributed by atoms with E-state index in [1.54, 1.807) is 6.92 Å². The van der Waals surface area contributed by atoms with Crippen molar-refractivity contribution in [2.75, 3.05) is 5.84 Å². The van der Waals surface area contributed by atoms with E-state index in [0.29, 0.717) is 22.6 Å². The molecule has 0 radical (unpaired) electrons. The second-order valence-corrected chi connectivity index (χ2v) is 3.32. The number of fused-ring (bicyclic) bond motifs is 3. The van der Waals surface area contributed by atoms with Crippen molar-refractivity contribution in [1.82, 2.24) is 29.2 Å². The van der Waals surface area contributed by atoms with Gasteiger partial charge in [-0.3, -0.25) is 4.79 Å². The second-order valence-electron chi connectivity index (χ2n) is 3.32. The number of hydrogen-bond acceptors (Lipinski definition) is 6. The zero-order valence-electron chi connectivity index (χ0n) is 8.32. The van der Waals surface area contributed by atoms with Crippen molar-refractivity contribution >= 4 is 16.8 Å². The number of aryl methyl sites for hydroxylation is 1. The van der Waals surface area contributed by atoms with Crippen LogP contribution < -0.4 is 11.4 Å². The largest absolute Gasteiger partial charge is 0.335 e. The van der Waals surface area contributed by atoms with Crippen molar-refractivity contribution in [3.8, 4) is 0 Å². The molecule has 0 saturated carbocycles. The predicted molar refractivity (Wildman–Crippen MR) is 55.2 cm³/mol. The first kappa shape index (κ1) is 8.77. The molecule has 80 valence electrons. The van der Waals surface area contributed by atoms with Gasteiger partial charge in [0.25, 0.3) is 11.3 Å². The van der Waals surface area contributed by atoms with Crippen LogP contribution in [0.25, 0.3) is 16.8 Å². The van der Waals surface area contributed by atoms with E-state index in [1.165, 1.54) is 17.0 Å². The molecule has 8 nitrogen and oxygen atoms in total. The first-order chi connectivity index (χ1) is 7.66. The highest BCUT2D eigenvalue weighted by atomic mass is 16.1. The zero-order valence-corrected chi connectivity index (χ0v) is 8.32. The Bertz CT molecular complexity index is 756. The summed E-state index contributed by atoms with van der Waals surface area (Å²) in [5, 5.41) is 4.41. The molecule has 0 unspecified atom stereocenters. The SMILES string of the molecule is Cc1nc2ncc3c(=O)n(N)cnc3n2n1. The summed E-state index contributed by atoms with van der Waals surface area (Å²) >= 11 is 0. The van der Waals surface area contributed by atoms with Crippen molar-refractivity contribution in [2.24, 2.45) is 0 Å². The third-order valence-corrected chi connectivity index (χ3v) is 2.22. The van der Waals surface area contributed by atoms with Crippen LogP contribution in [-0.2, 0) is 0 Å². The van der Waals surface area contributed by atoms with Crippen molar-refractivity contribution in [2.45, 2.75) is 6.92 Å². The Kier molecular flexibility index (Phi) is 1.51. The number of rotatable bonds is 0. The highest BCUT2D eigenvalue weighted by molar-refractivity contribution is 5.74. The summed E-state index contributed by atoms with van der Waals surface area (Å²) in [4.78, 5) is 23.8. The fraction of sp³-hybridized carbons (Fsp3) is 0.125. The molecule has 0 aliphatic rings. The van der Waals surface area contributed by atoms with Gasteiger partial charge in [0.2, 0.25) is 0 Å². The van der Waals surface area contributed by atoms with E-state index in [2.05, 4.69) is 20.1 Å². The van der Waals surface area contributed by atoms with Crippen LogP contribution in [0.4, 0.5) is 0 Å². The van der Waals surface area contributed by atoms with Gasteiger partial charge >= 0.3 is 0 Å². The molecule has 0 atom stereocenters. The van der Waals surface area contributed by atoms with Gasteiger partial charge in [-0.15, -0.1) is 5.10 Å². The monoisotopic (exact) mass is 217 g/mol. The molecule has 3 aromatic heterocycles. The minimum atomic E-state index is -0.368. The van der Waals surface area contributed by atoms with Crippen molar-refractivity contribution in [1.29, 1.82) is 0 Å². The molecule has 8 heteroatoms. The van der Waals surface area contributed by atoms with Crippen LogP contribution in [0.3, 0.4) is 0 Å². The first-order valence-corrected chi connectivity index (χ1v) is 4.51. The number of nitrogens with two attached hydrogens (primary N) is 1. The van der Waals surface area contributed by atoms with E-state index < -0.39 is 0 Å². The molecule has 3 rings (SSSR count). The quantitative estimate of drug-likeness (QED) is 0.477. The van der Waals surface area contributed by atoms with Gasteiger partial charge in [0.1, 0.15) is 17.5 Å². The Morgan fingerprint density at radius 3 is 3.00 bits per heavy atom. The van der Waals surface area contributed by atoms with Crippen LogP contribution in [0.15, 0.2) is 17.3 Å². The lowest BCUT2D eigenvalue weighted by Crippen LogP contribution is -2.27. The minimum absolute atomic E-state index is 0.308.